The lowest BCUT2D eigenvalue weighted by molar-refractivity contribution is -0.112. The topological polar surface area (TPSA) is 81.6 Å². The molecule has 120 valence electrons. The van der Waals surface area contributed by atoms with E-state index in [1.165, 1.54) is 11.3 Å². The van der Waals surface area contributed by atoms with Gasteiger partial charge >= 0.3 is 0 Å². The second-order valence-electron chi connectivity index (χ2n) is 5.40. The Morgan fingerprint density at radius 3 is 2.84 bits per heavy atom. The highest BCUT2D eigenvalue weighted by atomic mass is 32.1. The van der Waals surface area contributed by atoms with Crippen molar-refractivity contribution in [3.8, 4) is 6.07 Å². The fourth-order valence-corrected chi connectivity index (χ4v) is 3.47. The van der Waals surface area contributed by atoms with Gasteiger partial charge in [-0.05, 0) is 24.3 Å². The Balaban J connectivity index is 1.64. The number of carbonyl (C=O) groups is 1. The Hall–Kier alpha value is -3.43. The number of para-hydroxylation sites is 2. The van der Waals surface area contributed by atoms with Crippen molar-refractivity contribution in [2.24, 2.45) is 0 Å². The second-order valence-corrected chi connectivity index (χ2v) is 6.43. The molecule has 2 aromatic carbocycles. The largest absolute Gasteiger partial charge is 0.361 e. The second kappa shape index (κ2) is 6.23. The molecule has 5 nitrogen and oxygen atoms in total. The van der Waals surface area contributed by atoms with Crippen molar-refractivity contribution in [1.29, 1.82) is 5.26 Å². The zero-order valence-electron chi connectivity index (χ0n) is 13.0. The Bertz CT molecular complexity index is 1130. The lowest BCUT2D eigenvalue weighted by atomic mass is 10.1. The van der Waals surface area contributed by atoms with E-state index in [1.807, 2.05) is 54.6 Å². The van der Waals surface area contributed by atoms with Crippen LogP contribution in [-0.2, 0) is 4.79 Å². The Morgan fingerprint density at radius 2 is 2.00 bits per heavy atom. The summed E-state index contributed by atoms with van der Waals surface area (Å²) in [7, 11) is 0. The molecule has 0 aliphatic heterocycles. The predicted octanol–water partition coefficient (Wildman–Crippen LogP) is 4.32. The minimum Gasteiger partial charge on any atom is -0.361 e. The molecule has 0 atom stereocenters. The predicted molar refractivity (Wildman–Crippen MR) is 100 cm³/mol. The maximum atomic E-state index is 12.4. The SMILES string of the molecule is N#C/C(=C\c1c[nH]c2ccccc12)C(=O)Nc1nc2ccccc2s1. The third-order valence-electron chi connectivity index (χ3n) is 3.80. The summed E-state index contributed by atoms with van der Waals surface area (Å²) < 4.78 is 0.983. The smallest absolute Gasteiger partial charge is 0.268 e. The lowest BCUT2D eigenvalue weighted by Gasteiger charge is -1.99. The van der Waals surface area contributed by atoms with E-state index in [-0.39, 0.29) is 5.57 Å². The molecule has 2 N–H and O–H groups in total. The van der Waals surface area contributed by atoms with Crippen molar-refractivity contribution < 1.29 is 4.79 Å². The minimum absolute atomic E-state index is 0.0315. The van der Waals surface area contributed by atoms with Gasteiger partial charge in [-0.2, -0.15) is 5.26 Å². The molecule has 25 heavy (non-hydrogen) atoms. The summed E-state index contributed by atoms with van der Waals surface area (Å²) in [6.45, 7) is 0. The van der Waals surface area contributed by atoms with E-state index in [0.717, 1.165) is 26.7 Å². The molecule has 4 rings (SSSR count). The number of carbonyl (C=O) groups excluding carboxylic acids is 1. The highest BCUT2D eigenvalue weighted by Gasteiger charge is 2.13. The number of hydrogen-bond donors (Lipinski definition) is 2. The number of anilines is 1. The van der Waals surface area contributed by atoms with E-state index in [2.05, 4.69) is 15.3 Å². The van der Waals surface area contributed by atoms with Gasteiger partial charge in [-0.1, -0.05) is 41.7 Å². The summed E-state index contributed by atoms with van der Waals surface area (Å²) >= 11 is 1.38. The molecule has 0 bridgehead atoms. The summed E-state index contributed by atoms with van der Waals surface area (Å²) in [4.78, 5) is 19.9. The van der Waals surface area contributed by atoms with E-state index in [9.17, 15) is 10.1 Å². The van der Waals surface area contributed by atoms with Gasteiger partial charge in [-0.15, -0.1) is 0 Å². The van der Waals surface area contributed by atoms with Gasteiger partial charge in [0.25, 0.3) is 5.91 Å². The number of H-pyrrole nitrogens is 1. The molecule has 0 spiro atoms. The fraction of sp³-hybridized carbons (Fsp3) is 0. The maximum Gasteiger partial charge on any atom is 0.268 e. The molecular formula is C19H12N4OS. The molecule has 0 saturated heterocycles. The number of thiazole rings is 1. The quantitative estimate of drug-likeness (QED) is 0.429. The van der Waals surface area contributed by atoms with Gasteiger partial charge in [-0.25, -0.2) is 4.98 Å². The number of nitrogens with one attached hydrogen (secondary N) is 2. The third-order valence-corrected chi connectivity index (χ3v) is 4.75. The van der Waals surface area contributed by atoms with Crippen LogP contribution in [0.4, 0.5) is 5.13 Å². The third kappa shape index (κ3) is 2.89. The van der Waals surface area contributed by atoms with E-state index in [4.69, 9.17) is 0 Å². The average molecular weight is 344 g/mol. The summed E-state index contributed by atoms with van der Waals surface area (Å²) in [6.07, 6.45) is 3.37. The molecule has 0 fully saturated rings. The van der Waals surface area contributed by atoms with E-state index in [1.54, 1.807) is 12.3 Å². The maximum absolute atomic E-state index is 12.4. The van der Waals surface area contributed by atoms with Gasteiger partial charge in [-0.3, -0.25) is 10.1 Å². The minimum atomic E-state index is -0.466. The number of aromatic amines is 1. The molecule has 0 aliphatic rings. The molecule has 0 unspecified atom stereocenters. The monoisotopic (exact) mass is 344 g/mol. The molecule has 2 aromatic heterocycles. The van der Waals surface area contributed by atoms with Crippen LogP contribution in [0.15, 0.2) is 60.3 Å². The van der Waals surface area contributed by atoms with Crippen molar-refractivity contribution in [2.45, 2.75) is 0 Å². The zero-order chi connectivity index (χ0) is 17.2. The van der Waals surface area contributed by atoms with E-state index < -0.39 is 5.91 Å². The highest BCUT2D eigenvalue weighted by molar-refractivity contribution is 7.22. The Labute approximate surface area is 147 Å². The highest BCUT2D eigenvalue weighted by Crippen LogP contribution is 2.26. The number of benzene rings is 2. The fourth-order valence-electron chi connectivity index (χ4n) is 2.61. The first-order valence-corrected chi connectivity index (χ1v) is 8.41. The first-order chi connectivity index (χ1) is 12.2. The summed E-state index contributed by atoms with van der Waals surface area (Å²) in [5, 5.41) is 13.5. The number of aromatic nitrogens is 2. The normalized spacial score (nSPS) is 11.6. The van der Waals surface area contributed by atoms with Gasteiger partial charge in [0.1, 0.15) is 11.6 Å². The van der Waals surface area contributed by atoms with Crippen molar-refractivity contribution in [1.82, 2.24) is 9.97 Å². The summed E-state index contributed by atoms with van der Waals surface area (Å²) in [6, 6.07) is 17.3. The van der Waals surface area contributed by atoms with Crippen LogP contribution in [0.25, 0.3) is 27.2 Å². The summed E-state index contributed by atoms with van der Waals surface area (Å²) in [5.74, 6) is -0.466. The Morgan fingerprint density at radius 1 is 1.20 bits per heavy atom. The molecule has 2 heterocycles. The van der Waals surface area contributed by atoms with Crippen molar-refractivity contribution in [2.75, 3.05) is 5.32 Å². The van der Waals surface area contributed by atoms with Crippen molar-refractivity contribution >= 4 is 49.6 Å². The van der Waals surface area contributed by atoms with Crippen LogP contribution in [0.2, 0.25) is 0 Å². The van der Waals surface area contributed by atoms with Crippen molar-refractivity contribution in [3.05, 3.63) is 65.9 Å². The van der Waals surface area contributed by atoms with Gasteiger partial charge < -0.3 is 4.98 Å². The van der Waals surface area contributed by atoms with E-state index in [0.29, 0.717) is 5.13 Å². The number of fused-ring (bicyclic) bond motifs is 2. The van der Waals surface area contributed by atoms with Crippen LogP contribution in [0, 0.1) is 11.3 Å². The lowest BCUT2D eigenvalue weighted by Crippen LogP contribution is -2.13. The van der Waals surface area contributed by atoms with Gasteiger partial charge in [0.15, 0.2) is 5.13 Å². The standard InChI is InChI=1S/C19H12N4OS/c20-10-12(9-13-11-21-15-6-2-1-5-14(13)15)18(24)23-19-22-16-7-3-4-8-17(16)25-19/h1-9,11,21H,(H,22,23,24)/b12-9+. The average Bonchev–Trinajstić information content (AvgIpc) is 3.22. The van der Waals surface area contributed by atoms with Crippen LogP contribution in [0.3, 0.4) is 0 Å². The van der Waals surface area contributed by atoms with E-state index >= 15 is 0 Å². The first-order valence-electron chi connectivity index (χ1n) is 7.59. The van der Waals surface area contributed by atoms with Crippen LogP contribution in [-0.4, -0.2) is 15.9 Å². The molecule has 6 heteroatoms. The van der Waals surface area contributed by atoms with Crippen LogP contribution in [0.1, 0.15) is 5.56 Å². The Kier molecular flexibility index (Phi) is 3.77. The molecule has 4 aromatic rings. The summed E-state index contributed by atoms with van der Waals surface area (Å²) in [5.41, 5.74) is 2.61. The molecule has 0 saturated carbocycles. The van der Waals surface area contributed by atoms with Crippen LogP contribution in [0.5, 0.6) is 0 Å². The van der Waals surface area contributed by atoms with Crippen molar-refractivity contribution in [3.63, 3.8) is 0 Å². The number of nitriles is 1. The number of nitrogens with zero attached hydrogens (tertiary/aromatic N) is 2. The number of hydrogen-bond acceptors (Lipinski definition) is 4. The van der Waals surface area contributed by atoms with Crippen LogP contribution < -0.4 is 5.32 Å². The molecule has 1 amide bonds. The molecular weight excluding hydrogens is 332 g/mol. The van der Waals surface area contributed by atoms with Gasteiger partial charge in [0, 0.05) is 22.7 Å². The molecule has 0 aliphatic carbocycles. The zero-order valence-corrected chi connectivity index (χ0v) is 13.8. The van der Waals surface area contributed by atoms with Gasteiger partial charge in [0.2, 0.25) is 0 Å². The van der Waals surface area contributed by atoms with Gasteiger partial charge in [0.05, 0.1) is 10.2 Å². The number of rotatable bonds is 3. The first kappa shape index (κ1) is 15.1. The number of amides is 1. The van der Waals surface area contributed by atoms with Crippen LogP contribution >= 0.6 is 11.3 Å². The molecule has 0 radical (unpaired) electrons.